The molecule has 176 valence electrons. The standard InChI is InChI=1S/C24H24FN5O4/c1-15-10-20(28-34-15)24(33)30-9-8-29(23(32)18-6-3-7-19(25)12-18)22(30)21(31)27-14-17-5-2-4-16(11-17)13-26/h2-7,10-12,22H,8-9,13-14,26H2,1H3,(H,27,31). The first-order chi connectivity index (χ1) is 16.4. The molecule has 0 bridgehead atoms. The van der Waals surface area contributed by atoms with E-state index in [0.717, 1.165) is 17.2 Å². The van der Waals surface area contributed by atoms with Gasteiger partial charge in [0.05, 0.1) is 0 Å². The summed E-state index contributed by atoms with van der Waals surface area (Å²) in [5.41, 5.74) is 7.53. The minimum atomic E-state index is -1.24. The first-order valence-electron chi connectivity index (χ1n) is 10.7. The van der Waals surface area contributed by atoms with Crippen molar-refractivity contribution in [1.29, 1.82) is 0 Å². The van der Waals surface area contributed by atoms with Gasteiger partial charge in [-0.15, -0.1) is 0 Å². The predicted molar refractivity (Wildman–Crippen MR) is 120 cm³/mol. The van der Waals surface area contributed by atoms with Gasteiger partial charge in [0.2, 0.25) is 0 Å². The average Bonchev–Trinajstić information content (AvgIpc) is 3.48. The molecule has 1 aromatic heterocycles. The van der Waals surface area contributed by atoms with Gasteiger partial charge in [0.25, 0.3) is 17.7 Å². The third-order valence-electron chi connectivity index (χ3n) is 5.54. The van der Waals surface area contributed by atoms with Gasteiger partial charge in [-0.3, -0.25) is 14.4 Å². The molecule has 3 aromatic rings. The molecule has 1 unspecified atom stereocenters. The lowest BCUT2D eigenvalue weighted by Gasteiger charge is -2.28. The van der Waals surface area contributed by atoms with Crippen LogP contribution in [-0.4, -0.2) is 51.9 Å². The lowest BCUT2D eigenvalue weighted by molar-refractivity contribution is -0.128. The quantitative estimate of drug-likeness (QED) is 0.573. The minimum Gasteiger partial charge on any atom is -0.361 e. The maximum Gasteiger partial charge on any atom is 0.278 e. The monoisotopic (exact) mass is 465 g/mol. The van der Waals surface area contributed by atoms with Crippen molar-refractivity contribution in [2.45, 2.75) is 26.2 Å². The molecular formula is C24H24FN5O4. The van der Waals surface area contributed by atoms with E-state index in [-0.39, 0.29) is 30.9 Å². The fourth-order valence-electron chi connectivity index (χ4n) is 3.89. The fourth-order valence-corrected chi connectivity index (χ4v) is 3.89. The number of hydrogen-bond acceptors (Lipinski definition) is 6. The topological polar surface area (TPSA) is 122 Å². The molecular weight excluding hydrogens is 441 g/mol. The third-order valence-corrected chi connectivity index (χ3v) is 5.54. The van der Waals surface area contributed by atoms with Crippen molar-refractivity contribution in [2.24, 2.45) is 5.73 Å². The normalized spacial score (nSPS) is 15.4. The first kappa shape index (κ1) is 23.1. The molecule has 0 saturated carbocycles. The molecule has 3 amide bonds. The molecule has 2 heterocycles. The number of amides is 3. The van der Waals surface area contributed by atoms with E-state index < -0.39 is 29.7 Å². The lowest BCUT2D eigenvalue weighted by atomic mass is 10.1. The molecule has 1 aliphatic rings. The van der Waals surface area contributed by atoms with E-state index in [4.69, 9.17) is 10.3 Å². The Labute approximate surface area is 195 Å². The number of nitrogens with two attached hydrogens (primary N) is 1. The van der Waals surface area contributed by atoms with E-state index in [1.807, 2.05) is 24.3 Å². The Morgan fingerprint density at radius 3 is 2.44 bits per heavy atom. The van der Waals surface area contributed by atoms with E-state index in [2.05, 4.69) is 10.5 Å². The van der Waals surface area contributed by atoms with Gasteiger partial charge in [-0.2, -0.15) is 0 Å². The number of carbonyl (C=O) groups excluding carboxylic acids is 3. The predicted octanol–water partition coefficient (Wildman–Crippen LogP) is 1.82. The fraction of sp³-hybridized carbons (Fsp3) is 0.250. The van der Waals surface area contributed by atoms with Crippen molar-refractivity contribution in [3.63, 3.8) is 0 Å². The summed E-state index contributed by atoms with van der Waals surface area (Å²) >= 11 is 0. The van der Waals surface area contributed by atoms with Crippen LogP contribution in [0.3, 0.4) is 0 Å². The molecule has 2 aromatic carbocycles. The van der Waals surface area contributed by atoms with Gasteiger partial charge in [0.15, 0.2) is 11.9 Å². The highest BCUT2D eigenvalue weighted by atomic mass is 19.1. The minimum absolute atomic E-state index is 0.0333. The van der Waals surface area contributed by atoms with E-state index in [1.54, 1.807) is 6.92 Å². The van der Waals surface area contributed by atoms with Crippen molar-refractivity contribution in [2.75, 3.05) is 13.1 Å². The van der Waals surface area contributed by atoms with Crippen molar-refractivity contribution in [1.82, 2.24) is 20.3 Å². The Bertz CT molecular complexity index is 1230. The number of rotatable bonds is 6. The molecule has 1 atom stereocenters. The molecule has 4 rings (SSSR count). The Morgan fingerprint density at radius 1 is 1.06 bits per heavy atom. The van der Waals surface area contributed by atoms with Crippen LogP contribution in [0.2, 0.25) is 0 Å². The molecule has 0 radical (unpaired) electrons. The van der Waals surface area contributed by atoms with Crippen LogP contribution in [-0.2, 0) is 17.9 Å². The number of carbonyl (C=O) groups is 3. The maximum absolute atomic E-state index is 13.7. The Morgan fingerprint density at radius 2 is 1.76 bits per heavy atom. The van der Waals surface area contributed by atoms with Crippen LogP contribution in [0.15, 0.2) is 59.1 Å². The summed E-state index contributed by atoms with van der Waals surface area (Å²) < 4.78 is 18.7. The largest absolute Gasteiger partial charge is 0.361 e. The molecule has 9 nitrogen and oxygen atoms in total. The first-order valence-corrected chi connectivity index (χ1v) is 10.7. The third kappa shape index (κ3) is 4.81. The van der Waals surface area contributed by atoms with Crippen molar-refractivity contribution < 1.29 is 23.3 Å². The molecule has 10 heteroatoms. The van der Waals surface area contributed by atoms with Gasteiger partial charge >= 0.3 is 0 Å². The van der Waals surface area contributed by atoms with Crippen LogP contribution >= 0.6 is 0 Å². The van der Waals surface area contributed by atoms with Crippen molar-refractivity contribution >= 4 is 17.7 Å². The molecule has 1 saturated heterocycles. The van der Waals surface area contributed by atoms with E-state index in [0.29, 0.717) is 12.3 Å². The van der Waals surface area contributed by atoms with E-state index in [9.17, 15) is 18.8 Å². The van der Waals surface area contributed by atoms with E-state index >= 15 is 0 Å². The zero-order chi connectivity index (χ0) is 24.2. The Hall–Kier alpha value is -4.05. The molecule has 0 aliphatic carbocycles. The summed E-state index contributed by atoms with van der Waals surface area (Å²) in [6, 6.07) is 14.1. The van der Waals surface area contributed by atoms with Crippen molar-refractivity contribution in [3.05, 3.63) is 88.6 Å². The zero-order valence-corrected chi connectivity index (χ0v) is 18.5. The Balaban J connectivity index is 1.59. The van der Waals surface area contributed by atoms with Crippen LogP contribution in [0.5, 0.6) is 0 Å². The number of nitrogens with zero attached hydrogens (tertiary/aromatic N) is 3. The zero-order valence-electron chi connectivity index (χ0n) is 18.5. The highest BCUT2D eigenvalue weighted by Gasteiger charge is 2.43. The highest BCUT2D eigenvalue weighted by Crippen LogP contribution is 2.22. The Kier molecular flexibility index (Phi) is 6.69. The summed E-state index contributed by atoms with van der Waals surface area (Å²) in [6.45, 7) is 2.38. The van der Waals surface area contributed by atoms with Crippen LogP contribution < -0.4 is 11.1 Å². The second-order valence-corrected chi connectivity index (χ2v) is 7.95. The van der Waals surface area contributed by atoms with Gasteiger partial charge in [-0.25, -0.2) is 4.39 Å². The van der Waals surface area contributed by atoms with E-state index in [1.165, 1.54) is 34.1 Å². The second kappa shape index (κ2) is 9.84. The van der Waals surface area contributed by atoms with Gasteiger partial charge in [-0.05, 0) is 36.2 Å². The number of aromatic nitrogens is 1. The van der Waals surface area contributed by atoms with Crippen LogP contribution in [0.4, 0.5) is 4.39 Å². The lowest BCUT2D eigenvalue weighted by Crippen LogP contribution is -2.53. The average molecular weight is 465 g/mol. The smallest absolute Gasteiger partial charge is 0.278 e. The summed E-state index contributed by atoms with van der Waals surface area (Å²) in [7, 11) is 0. The highest BCUT2D eigenvalue weighted by molar-refractivity contribution is 6.01. The number of halogens is 1. The maximum atomic E-state index is 13.7. The SMILES string of the molecule is Cc1cc(C(=O)N2CCN(C(=O)c3cccc(F)c3)C2C(=O)NCc2cccc(CN)c2)no1. The molecule has 1 aliphatic heterocycles. The summed E-state index contributed by atoms with van der Waals surface area (Å²) in [5, 5.41) is 6.54. The van der Waals surface area contributed by atoms with Gasteiger partial charge in [0, 0.05) is 37.8 Å². The molecule has 34 heavy (non-hydrogen) atoms. The molecule has 0 spiro atoms. The number of benzene rings is 2. The number of nitrogens with one attached hydrogen (secondary N) is 1. The number of hydrogen-bond donors (Lipinski definition) is 2. The second-order valence-electron chi connectivity index (χ2n) is 7.95. The molecule has 1 fully saturated rings. The summed E-state index contributed by atoms with van der Waals surface area (Å²) in [6.07, 6.45) is -1.24. The van der Waals surface area contributed by atoms with Gasteiger partial charge in [0.1, 0.15) is 11.6 Å². The number of aryl methyl sites for hydroxylation is 1. The van der Waals surface area contributed by atoms with Crippen LogP contribution in [0.1, 0.15) is 37.7 Å². The van der Waals surface area contributed by atoms with Crippen molar-refractivity contribution in [3.8, 4) is 0 Å². The summed E-state index contributed by atoms with van der Waals surface area (Å²) in [5.74, 6) is -1.78. The van der Waals surface area contributed by atoms with Gasteiger partial charge < -0.3 is 25.4 Å². The van der Waals surface area contributed by atoms with Gasteiger partial charge in [-0.1, -0.05) is 35.5 Å². The summed E-state index contributed by atoms with van der Waals surface area (Å²) in [4.78, 5) is 42.1. The molecule has 3 N–H and O–H groups in total. The van der Waals surface area contributed by atoms with Crippen LogP contribution in [0.25, 0.3) is 0 Å². The van der Waals surface area contributed by atoms with Crippen LogP contribution in [0, 0.1) is 12.7 Å².